The van der Waals surface area contributed by atoms with Crippen LogP contribution in [0.25, 0.3) is 0 Å². The zero-order valence-electron chi connectivity index (χ0n) is 8.54. The van der Waals surface area contributed by atoms with Crippen molar-refractivity contribution in [2.24, 2.45) is 23.2 Å². The van der Waals surface area contributed by atoms with Crippen LogP contribution in [0.1, 0.15) is 52.4 Å². The highest BCUT2D eigenvalue weighted by Gasteiger charge is 2.51. The fraction of sp³-hybridized carbons (Fsp3) is 0.923. The van der Waals surface area contributed by atoms with Crippen LogP contribution in [0.3, 0.4) is 0 Å². The van der Waals surface area contributed by atoms with E-state index in [4.69, 9.17) is 5.11 Å². The van der Waals surface area contributed by atoms with Crippen LogP contribution < -0.4 is 0 Å². The Balaban J connectivity index is 0.000000853. The molecule has 1 N–H and O–H groups in total. The lowest BCUT2D eigenvalue weighted by molar-refractivity contribution is -0.145. The number of hydrogen-bond donors (Lipinski definition) is 1. The molecule has 2 nitrogen and oxygen atoms in total. The molecule has 86 valence electrons. The Labute approximate surface area is 92.1 Å². The molecule has 0 aromatic heterocycles. The van der Waals surface area contributed by atoms with Crippen LogP contribution >= 0.6 is 0 Å². The van der Waals surface area contributed by atoms with Gasteiger partial charge in [0.25, 0.3) is 0 Å². The molecule has 0 spiro atoms. The lowest BCUT2D eigenvalue weighted by atomic mass is 9.49. The average molecular weight is 210 g/mol. The highest BCUT2D eigenvalue weighted by atomic mass is 16.4. The Morgan fingerprint density at radius 1 is 1.07 bits per heavy atom. The van der Waals surface area contributed by atoms with Crippen molar-refractivity contribution in [3.05, 3.63) is 0 Å². The molecule has 2 heteroatoms. The van der Waals surface area contributed by atoms with E-state index in [-0.39, 0.29) is 12.8 Å². The Hall–Kier alpha value is -0.530. The first-order chi connectivity index (χ1) is 6.65. The van der Waals surface area contributed by atoms with Crippen molar-refractivity contribution in [2.75, 3.05) is 0 Å². The van der Waals surface area contributed by atoms with Gasteiger partial charge >= 0.3 is 5.97 Å². The number of aliphatic carboxylic acids is 1. The molecule has 0 radical (unpaired) electrons. The van der Waals surface area contributed by atoms with Crippen molar-refractivity contribution >= 4 is 5.97 Å². The average Bonchev–Trinajstić information content (AvgIpc) is 1.96. The molecule has 0 saturated heterocycles. The third-order valence-electron chi connectivity index (χ3n) is 4.69. The molecule has 0 aliphatic heterocycles. The van der Waals surface area contributed by atoms with Crippen LogP contribution in [-0.4, -0.2) is 11.1 Å². The van der Waals surface area contributed by atoms with Crippen molar-refractivity contribution in [1.82, 2.24) is 0 Å². The van der Waals surface area contributed by atoms with Crippen molar-refractivity contribution in [2.45, 2.75) is 52.4 Å². The molecule has 4 aliphatic rings. The van der Waals surface area contributed by atoms with Gasteiger partial charge in [-0.2, -0.15) is 0 Å². The van der Waals surface area contributed by atoms with Crippen molar-refractivity contribution in [1.29, 1.82) is 0 Å². The van der Waals surface area contributed by atoms with Crippen LogP contribution in [0.15, 0.2) is 0 Å². The number of carboxylic acids is 1. The third-order valence-corrected chi connectivity index (χ3v) is 4.69. The second-order valence-corrected chi connectivity index (χ2v) is 5.99. The minimum atomic E-state index is -0.577. The lowest BCUT2D eigenvalue weighted by Gasteiger charge is -2.56. The highest BCUT2D eigenvalue weighted by Crippen LogP contribution is 2.61. The predicted octanol–water partition coefficient (Wildman–Crippen LogP) is 3.31. The maximum atomic E-state index is 10.9. The van der Waals surface area contributed by atoms with Gasteiger partial charge in [-0.15, -0.1) is 0 Å². The molecule has 4 saturated carbocycles. The maximum Gasteiger partial charge on any atom is 0.303 e. The van der Waals surface area contributed by atoms with Crippen LogP contribution in [0.2, 0.25) is 0 Å². The Bertz CT molecular complexity index is 234. The normalized spacial score (nSPS) is 46.3. The van der Waals surface area contributed by atoms with Gasteiger partial charge in [-0.1, -0.05) is 7.43 Å². The summed E-state index contributed by atoms with van der Waals surface area (Å²) < 4.78 is 0. The largest absolute Gasteiger partial charge is 0.481 e. The van der Waals surface area contributed by atoms with Crippen LogP contribution in [-0.2, 0) is 4.79 Å². The van der Waals surface area contributed by atoms with Gasteiger partial charge in [0.1, 0.15) is 0 Å². The summed E-state index contributed by atoms with van der Waals surface area (Å²) in [4.78, 5) is 10.9. The van der Waals surface area contributed by atoms with Gasteiger partial charge in [0.2, 0.25) is 0 Å². The molecule has 0 amide bonds. The Morgan fingerprint density at radius 3 is 1.80 bits per heavy atom. The molecule has 4 bridgehead atoms. The van der Waals surface area contributed by atoms with Gasteiger partial charge in [-0.3, -0.25) is 4.79 Å². The summed E-state index contributed by atoms with van der Waals surface area (Å²) in [5.74, 6) is 2.05. The van der Waals surface area contributed by atoms with Gasteiger partial charge in [-0.05, 0) is 61.7 Å². The van der Waals surface area contributed by atoms with Gasteiger partial charge in [0.15, 0.2) is 0 Å². The summed E-state index contributed by atoms with van der Waals surface area (Å²) in [5.41, 5.74) is 0.223. The molecular weight excluding hydrogens is 188 g/mol. The molecule has 0 aromatic carbocycles. The number of carboxylic acid groups (broad SMARTS) is 1. The SMILES string of the molecule is C.O=C(O)CC12CC3CC(CC(C3)C1)C2. The Kier molecular flexibility index (Phi) is 2.56. The second-order valence-electron chi connectivity index (χ2n) is 5.99. The molecule has 0 aromatic rings. The number of hydrogen-bond acceptors (Lipinski definition) is 1. The standard InChI is InChI=1S/C12H18O2.CH4/c13-11(14)7-12-4-8-1-9(5-12)3-10(2-8)6-12;/h8-10H,1-7H2,(H,13,14);1H4. The first-order valence-electron chi connectivity index (χ1n) is 5.87. The first-order valence-corrected chi connectivity index (χ1v) is 5.87. The van der Waals surface area contributed by atoms with E-state index in [1.807, 2.05) is 0 Å². The molecule has 4 fully saturated rings. The summed E-state index contributed by atoms with van der Waals surface area (Å²) in [5, 5.41) is 8.97. The van der Waals surface area contributed by atoms with Gasteiger partial charge < -0.3 is 5.11 Å². The summed E-state index contributed by atoms with van der Waals surface area (Å²) in [6, 6.07) is 0. The monoisotopic (exact) mass is 210 g/mol. The molecule has 15 heavy (non-hydrogen) atoms. The van der Waals surface area contributed by atoms with E-state index in [9.17, 15) is 4.79 Å². The van der Waals surface area contributed by atoms with Crippen molar-refractivity contribution in [3.8, 4) is 0 Å². The third kappa shape index (κ3) is 1.79. The van der Waals surface area contributed by atoms with Gasteiger partial charge in [0.05, 0.1) is 6.42 Å². The summed E-state index contributed by atoms with van der Waals surface area (Å²) in [6.45, 7) is 0. The van der Waals surface area contributed by atoms with Gasteiger partial charge in [0, 0.05) is 0 Å². The molecule has 0 heterocycles. The second kappa shape index (κ2) is 3.50. The lowest BCUT2D eigenvalue weighted by Crippen LogP contribution is -2.46. The smallest absolute Gasteiger partial charge is 0.303 e. The maximum absolute atomic E-state index is 10.9. The van der Waals surface area contributed by atoms with Crippen molar-refractivity contribution < 1.29 is 9.90 Å². The van der Waals surface area contributed by atoms with E-state index in [0.29, 0.717) is 6.42 Å². The van der Waals surface area contributed by atoms with E-state index in [1.54, 1.807) is 0 Å². The highest BCUT2D eigenvalue weighted by molar-refractivity contribution is 5.67. The van der Waals surface area contributed by atoms with E-state index < -0.39 is 5.97 Å². The Morgan fingerprint density at radius 2 is 1.47 bits per heavy atom. The van der Waals surface area contributed by atoms with Crippen LogP contribution in [0, 0.1) is 23.2 Å². The van der Waals surface area contributed by atoms with Gasteiger partial charge in [-0.25, -0.2) is 0 Å². The molecule has 0 unspecified atom stereocenters. The zero-order chi connectivity index (χ0) is 9.76. The van der Waals surface area contributed by atoms with E-state index in [1.165, 1.54) is 38.5 Å². The topological polar surface area (TPSA) is 37.3 Å². The van der Waals surface area contributed by atoms with E-state index >= 15 is 0 Å². The summed E-state index contributed by atoms with van der Waals surface area (Å²) in [7, 11) is 0. The number of rotatable bonds is 2. The molecular formula is C13H22O2. The molecule has 0 atom stereocenters. The predicted molar refractivity (Wildman–Crippen MR) is 59.6 cm³/mol. The zero-order valence-corrected chi connectivity index (χ0v) is 8.54. The van der Waals surface area contributed by atoms with Crippen LogP contribution in [0.5, 0.6) is 0 Å². The summed E-state index contributed by atoms with van der Waals surface area (Å²) in [6.07, 6.45) is 8.29. The molecule has 4 aliphatic carbocycles. The minimum absolute atomic E-state index is 0. The van der Waals surface area contributed by atoms with Crippen molar-refractivity contribution in [3.63, 3.8) is 0 Å². The fourth-order valence-corrected chi connectivity index (χ4v) is 4.83. The molecule has 4 rings (SSSR count). The van der Waals surface area contributed by atoms with Crippen LogP contribution in [0.4, 0.5) is 0 Å². The fourth-order valence-electron chi connectivity index (χ4n) is 4.83. The van der Waals surface area contributed by atoms with E-state index in [2.05, 4.69) is 0 Å². The van der Waals surface area contributed by atoms with E-state index in [0.717, 1.165) is 17.8 Å². The number of carbonyl (C=O) groups is 1. The quantitative estimate of drug-likeness (QED) is 0.759. The first kappa shape index (κ1) is 11.0. The summed E-state index contributed by atoms with van der Waals surface area (Å²) >= 11 is 0. The minimum Gasteiger partial charge on any atom is -0.481 e.